The van der Waals surface area contributed by atoms with E-state index >= 15 is 0 Å². The lowest BCUT2D eigenvalue weighted by atomic mass is 10.00. The van der Waals surface area contributed by atoms with Gasteiger partial charge in [0.15, 0.2) is 0 Å². The Balaban J connectivity index is 0.000000368. The van der Waals surface area contributed by atoms with Crippen molar-refractivity contribution in [1.82, 2.24) is 0 Å². The smallest absolute Gasteiger partial charge is 0.0902 e. The summed E-state index contributed by atoms with van der Waals surface area (Å²) in [4.78, 5) is 0. The van der Waals surface area contributed by atoms with E-state index in [9.17, 15) is 5.11 Å². The molecule has 0 fully saturated rings. The molecule has 16 heavy (non-hydrogen) atoms. The molecule has 1 aromatic rings. The quantitative estimate of drug-likeness (QED) is 0.782. The van der Waals surface area contributed by atoms with Crippen molar-refractivity contribution >= 4 is 0 Å². The molecule has 2 heteroatoms. The molecule has 0 bridgehead atoms. The van der Waals surface area contributed by atoms with Gasteiger partial charge in [-0.2, -0.15) is 0 Å². The number of hydrogen-bond donors (Lipinski definition) is 1. The molecule has 0 spiro atoms. The third-order valence-corrected chi connectivity index (χ3v) is 2.07. The Morgan fingerprint density at radius 3 is 2.25 bits per heavy atom. The van der Waals surface area contributed by atoms with Crippen LogP contribution in [0.4, 0.5) is 0 Å². The maximum Gasteiger partial charge on any atom is 0.0902 e. The zero-order valence-corrected chi connectivity index (χ0v) is 10.4. The highest BCUT2D eigenvalue weighted by Gasteiger charge is 2.12. The van der Waals surface area contributed by atoms with Gasteiger partial charge in [0.2, 0.25) is 0 Å². The molecule has 90 valence electrons. The van der Waals surface area contributed by atoms with Crippen molar-refractivity contribution < 1.29 is 9.52 Å². The molecule has 0 aliphatic rings. The van der Waals surface area contributed by atoms with E-state index in [2.05, 4.69) is 30.9 Å². The molecular weight excluding hydrogens is 200 g/mol. The predicted octanol–water partition coefficient (Wildman–Crippen LogP) is 3.95. The van der Waals surface area contributed by atoms with E-state index in [1.165, 1.54) is 5.57 Å². The van der Waals surface area contributed by atoms with Crippen LogP contribution in [0.5, 0.6) is 0 Å². The van der Waals surface area contributed by atoms with E-state index in [0.717, 1.165) is 12.8 Å². The number of allylic oxidation sites excluding steroid dienone is 2. The van der Waals surface area contributed by atoms with Crippen molar-refractivity contribution in [2.75, 3.05) is 0 Å². The summed E-state index contributed by atoms with van der Waals surface area (Å²) in [5, 5.41) is 9.49. The average molecular weight is 222 g/mol. The Hall–Kier alpha value is -1.28. The molecule has 1 N–H and O–H groups in total. The summed E-state index contributed by atoms with van der Waals surface area (Å²) in [6, 6.07) is 3.67. The number of furan rings is 1. The van der Waals surface area contributed by atoms with Crippen molar-refractivity contribution in [3.63, 3.8) is 0 Å². The second-order valence-electron chi connectivity index (χ2n) is 4.17. The van der Waals surface area contributed by atoms with Gasteiger partial charge in [-0.1, -0.05) is 17.7 Å². The molecule has 0 saturated carbocycles. The fraction of sp³-hybridized carbons (Fsp3) is 0.429. The molecule has 1 unspecified atom stereocenters. The van der Waals surface area contributed by atoms with Gasteiger partial charge in [-0.05, 0) is 45.7 Å². The summed E-state index contributed by atoms with van der Waals surface area (Å²) < 4.78 is 4.58. The summed E-state index contributed by atoms with van der Waals surface area (Å²) in [5.74, 6) is 0. The van der Waals surface area contributed by atoms with Gasteiger partial charge in [0.1, 0.15) is 0 Å². The Bertz CT molecular complexity index is 273. The third kappa shape index (κ3) is 9.28. The van der Waals surface area contributed by atoms with Gasteiger partial charge in [0.25, 0.3) is 0 Å². The van der Waals surface area contributed by atoms with Crippen molar-refractivity contribution in [3.05, 3.63) is 49.0 Å². The molecule has 1 heterocycles. The standard InChI is InChI=1S/C10H18O.C4H4O/c1-5-10(4,11)8-6-7-9(2)3;1-2-4-5-3-1/h5,7,11H,1,6,8H2,2-4H3;1-4H. The third-order valence-electron chi connectivity index (χ3n) is 2.07. The van der Waals surface area contributed by atoms with Crippen LogP contribution in [0, 0.1) is 0 Å². The summed E-state index contributed by atoms with van der Waals surface area (Å²) in [5.41, 5.74) is 0.594. The molecule has 0 amide bonds. The van der Waals surface area contributed by atoms with Crippen molar-refractivity contribution in [3.8, 4) is 0 Å². The predicted molar refractivity (Wildman–Crippen MR) is 68.2 cm³/mol. The molecule has 1 atom stereocenters. The summed E-state index contributed by atoms with van der Waals surface area (Å²) in [6.07, 6.45) is 8.63. The molecular formula is C14H22O2. The van der Waals surface area contributed by atoms with Crippen LogP contribution in [0.25, 0.3) is 0 Å². The molecule has 0 aromatic carbocycles. The molecule has 0 aliphatic heterocycles. The lowest BCUT2D eigenvalue weighted by Crippen LogP contribution is -2.19. The van der Waals surface area contributed by atoms with E-state index in [1.807, 2.05) is 12.1 Å². The van der Waals surface area contributed by atoms with E-state index in [0.29, 0.717) is 0 Å². The minimum Gasteiger partial charge on any atom is -0.473 e. The Labute approximate surface area is 98.3 Å². The second kappa shape index (κ2) is 7.94. The summed E-state index contributed by atoms with van der Waals surface area (Å²) in [6.45, 7) is 9.45. The van der Waals surface area contributed by atoms with Crippen molar-refractivity contribution in [2.45, 2.75) is 39.2 Å². The minimum atomic E-state index is -0.702. The first kappa shape index (κ1) is 14.7. The molecule has 1 rings (SSSR count). The minimum absolute atomic E-state index is 0.702. The van der Waals surface area contributed by atoms with Crippen LogP contribution in [-0.2, 0) is 0 Å². The van der Waals surface area contributed by atoms with Crippen LogP contribution in [-0.4, -0.2) is 10.7 Å². The highest BCUT2D eigenvalue weighted by Crippen LogP contribution is 2.13. The fourth-order valence-electron chi connectivity index (χ4n) is 0.982. The summed E-state index contributed by atoms with van der Waals surface area (Å²) >= 11 is 0. The first-order valence-corrected chi connectivity index (χ1v) is 5.44. The zero-order valence-electron chi connectivity index (χ0n) is 10.4. The fourth-order valence-corrected chi connectivity index (χ4v) is 0.982. The van der Waals surface area contributed by atoms with E-state index in [1.54, 1.807) is 25.5 Å². The van der Waals surface area contributed by atoms with Gasteiger partial charge in [-0.15, -0.1) is 6.58 Å². The van der Waals surface area contributed by atoms with Crippen LogP contribution < -0.4 is 0 Å². The van der Waals surface area contributed by atoms with Gasteiger partial charge >= 0.3 is 0 Å². The largest absolute Gasteiger partial charge is 0.473 e. The van der Waals surface area contributed by atoms with Gasteiger partial charge < -0.3 is 9.52 Å². The first-order valence-electron chi connectivity index (χ1n) is 5.44. The first-order chi connectivity index (χ1) is 7.48. The number of hydrogen-bond acceptors (Lipinski definition) is 2. The van der Waals surface area contributed by atoms with Crippen LogP contribution >= 0.6 is 0 Å². The Morgan fingerprint density at radius 1 is 1.38 bits per heavy atom. The monoisotopic (exact) mass is 222 g/mol. The molecule has 0 saturated heterocycles. The number of aliphatic hydroxyl groups is 1. The van der Waals surface area contributed by atoms with Crippen LogP contribution in [0.1, 0.15) is 33.6 Å². The van der Waals surface area contributed by atoms with E-state index < -0.39 is 5.60 Å². The normalized spacial score (nSPS) is 13.0. The maximum absolute atomic E-state index is 9.49. The highest BCUT2D eigenvalue weighted by atomic mass is 16.3. The van der Waals surface area contributed by atoms with E-state index in [4.69, 9.17) is 0 Å². The van der Waals surface area contributed by atoms with Crippen LogP contribution in [0.15, 0.2) is 53.4 Å². The molecule has 1 aromatic heterocycles. The van der Waals surface area contributed by atoms with Crippen LogP contribution in [0.3, 0.4) is 0 Å². The number of rotatable bonds is 4. The second-order valence-corrected chi connectivity index (χ2v) is 4.17. The highest BCUT2D eigenvalue weighted by molar-refractivity contribution is 4.97. The lowest BCUT2D eigenvalue weighted by Gasteiger charge is -2.16. The Kier molecular flexibility index (Phi) is 7.31. The summed E-state index contributed by atoms with van der Waals surface area (Å²) in [7, 11) is 0. The van der Waals surface area contributed by atoms with Gasteiger partial charge in [0, 0.05) is 0 Å². The topological polar surface area (TPSA) is 33.4 Å². The SMILES string of the molecule is C=CC(C)(O)CCC=C(C)C.c1ccoc1. The maximum atomic E-state index is 9.49. The van der Waals surface area contributed by atoms with Gasteiger partial charge in [-0.25, -0.2) is 0 Å². The van der Waals surface area contributed by atoms with Gasteiger partial charge in [0.05, 0.1) is 18.1 Å². The molecule has 0 aliphatic carbocycles. The zero-order chi connectivity index (χ0) is 12.4. The van der Waals surface area contributed by atoms with E-state index in [-0.39, 0.29) is 0 Å². The van der Waals surface area contributed by atoms with Crippen molar-refractivity contribution in [1.29, 1.82) is 0 Å². The average Bonchev–Trinajstić information content (AvgIpc) is 2.74. The Morgan fingerprint density at radius 2 is 1.94 bits per heavy atom. The van der Waals surface area contributed by atoms with Crippen molar-refractivity contribution in [2.24, 2.45) is 0 Å². The molecule has 0 radical (unpaired) electrons. The van der Waals surface area contributed by atoms with Gasteiger partial charge in [-0.3, -0.25) is 0 Å². The lowest BCUT2D eigenvalue weighted by molar-refractivity contribution is 0.103. The van der Waals surface area contributed by atoms with Crippen LogP contribution in [0.2, 0.25) is 0 Å². The molecule has 2 nitrogen and oxygen atoms in total.